The number of aliphatic carboxylic acids is 1. The Morgan fingerprint density at radius 1 is 1.35 bits per heavy atom. The molecule has 0 bridgehead atoms. The first-order chi connectivity index (χ1) is 10.9. The summed E-state index contributed by atoms with van der Waals surface area (Å²) in [6.07, 6.45) is 3.03. The highest BCUT2D eigenvalue weighted by Crippen LogP contribution is 2.14. The minimum absolute atomic E-state index is 0.0166. The fourth-order valence-corrected chi connectivity index (χ4v) is 3.18. The molecule has 2 N–H and O–H groups in total. The van der Waals surface area contributed by atoms with Crippen LogP contribution >= 0.6 is 0 Å². The molecule has 9 nitrogen and oxygen atoms in total. The number of rotatable bonds is 8. The minimum atomic E-state index is -3.91. The molecule has 2 aromatic rings. The van der Waals surface area contributed by atoms with Gasteiger partial charge in [0.15, 0.2) is 0 Å². The Morgan fingerprint density at radius 3 is 2.57 bits per heavy atom. The summed E-state index contributed by atoms with van der Waals surface area (Å²) in [5.74, 6) is -1.19. The quantitative estimate of drug-likeness (QED) is 0.720. The van der Waals surface area contributed by atoms with Gasteiger partial charge in [0.05, 0.1) is 10.6 Å². The van der Waals surface area contributed by atoms with Crippen LogP contribution in [0, 0.1) is 0 Å². The average Bonchev–Trinajstić information content (AvgIpc) is 3.05. The van der Waals surface area contributed by atoms with Crippen LogP contribution in [0.4, 0.5) is 0 Å². The smallest absolute Gasteiger partial charge is 0.321 e. The molecule has 0 fully saturated rings. The second-order valence-corrected chi connectivity index (χ2v) is 6.62. The number of nitrogens with one attached hydrogen (secondary N) is 1. The SMILES string of the molecule is CCCC[C@H](NS(=O)(=O)c1ccc(-n2cnnn2)cc1)C(=O)O. The lowest BCUT2D eigenvalue weighted by Gasteiger charge is -2.14. The van der Waals surface area contributed by atoms with Crippen molar-refractivity contribution in [2.45, 2.75) is 37.1 Å². The third kappa shape index (κ3) is 4.33. The summed E-state index contributed by atoms with van der Waals surface area (Å²) >= 11 is 0. The summed E-state index contributed by atoms with van der Waals surface area (Å²) in [5.41, 5.74) is 0.592. The summed E-state index contributed by atoms with van der Waals surface area (Å²) in [6, 6.07) is 4.68. The van der Waals surface area contributed by atoms with E-state index in [1.807, 2.05) is 6.92 Å². The Bertz CT molecular complexity index is 743. The first kappa shape index (κ1) is 17.0. The van der Waals surface area contributed by atoms with Crippen LogP contribution in [0.2, 0.25) is 0 Å². The van der Waals surface area contributed by atoms with E-state index in [9.17, 15) is 13.2 Å². The molecule has 1 heterocycles. The number of tetrazole rings is 1. The number of sulfonamides is 1. The molecule has 0 spiro atoms. The van der Waals surface area contributed by atoms with Gasteiger partial charge in [0, 0.05) is 0 Å². The lowest BCUT2D eigenvalue weighted by Crippen LogP contribution is -2.40. The zero-order valence-electron chi connectivity index (χ0n) is 12.5. The fourth-order valence-electron chi connectivity index (χ4n) is 1.95. The molecule has 10 heteroatoms. The molecule has 2 rings (SSSR count). The second kappa shape index (κ2) is 7.29. The van der Waals surface area contributed by atoms with Crippen LogP contribution in [0.5, 0.6) is 0 Å². The Kier molecular flexibility index (Phi) is 5.40. The van der Waals surface area contributed by atoms with E-state index >= 15 is 0 Å². The lowest BCUT2D eigenvalue weighted by atomic mass is 10.1. The maximum absolute atomic E-state index is 12.3. The molecule has 23 heavy (non-hydrogen) atoms. The van der Waals surface area contributed by atoms with Crippen molar-refractivity contribution in [1.82, 2.24) is 24.9 Å². The summed E-state index contributed by atoms with van der Waals surface area (Å²) in [6.45, 7) is 1.91. The number of carbonyl (C=O) groups is 1. The third-order valence-corrected chi connectivity index (χ3v) is 4.69. The highest BCUT2D eigenvalue weighted by Gasteiger charge is 2.24. The highest BCUT2D eigenvalue weighted by molar-refractivity contribution is 7.89. The third-order valence-electron chi connectivity index (χ3n) is 3.20. The van der Waals surface area contributed by atoms with Gasteiger partial charge >= 0.3 is 5.97 Å². The average molecular weight is 339 g/mol. The number of nitrogens with zero attached hydrogens (tertiary/aromatic N) is 4. The number of hydrogen-bond acceptors (Lipinski definition) is 6. The van der Waals surface area contributed by atoms with Gasteiger partial charge in [-0.1, -0.05) is 19.8 Å². The van der Waals surface area contributed by atoms with Gasteiger partial charge in [0.25, 0.3) is 0 Å². The minimum Gasteiger partial charge on any atom is -0.480 e. The van der Waals surface area contributed by atoms with E-state index in [1.54, 1.807) is 0 Å². The van der Waals surface area contributed by atoms with Gasteiger partial charge < -0.3 is 5.11 Å². The van der Waals surface area contributed by atoms with Gasteiger partial charge in [-0.15, -0.1) is 5.10 Å². The van der Waals surface area contributed by atoms with Crippen molar-refractivity contribution in [2.24, 2.45) is 0 Å². The standard InChI is InChI=1S/C13H17N5O4S/c1-2-3-4-12(13(19)20)15-23(21,22)11-7-5-10(6-8-11)18-9-14-16-17-18/h5-9,12,15H,2-4H2,1H3,(H,19,20)/t12-/m0/s1. The van der Waals surface area contributed by atoms with Crippen molar-refractivity contribution in [2.75, 3.05) is 0 Å². The second-order valence-electron chi connectivity index (χ2n) is 4.90. The van der Waals surface area contributed by atoms with Crippen molar-refractivity contribution in [1.29, 1.82) is 0 Å². The number of unbranched alkanes of at least 4 members (excludes halogenated alkanes) is 1. The molecule has 1 atom stereocenters. The van der Waals surface area contributed by atoms with Crippen LogP contribution in [0.1, 0.15) is 26.2 Å². The van der Waals surface area contributed by atoms with Crippen LogP contribution < -0.4 is 4.72 Å². The molecule has 0 radical (unpaired) electrons. The molecular formula is C13H17N5O4S. The predicted octanol–water partition coefficient (Wildman–Crippen LogP) is 0.584. The van der Waals surface area contributed by atoms with E-state index in [2.05, 4.69) is 20.2 Å². The molecule has 1 aromatic carbocycles. The lowest BCUT2D eigenvalue weighted by molar-refractivity contribution is -0.139. The molecular weight excluding hydrogens is 322 g/mol. The summed E-state index contributed by atoms with van der Waals surface area (Å²) in [4.78, 5) is 11.2. The topological polar surface area (TPSA) is 127 Å². The van der Waals surface area contributed by atoms with E-state index in [0.717, 1.165) is 6.42 Å². The van der Waals surface area contributed by atoms with E-state index in [4.69, 9.17) is 5.11 Å². The number of benzene rings is 1. The van der Waals surface area contributed by atoms with Crippen LogP contribution in [-0.2, 0) is 14.8 Å². The molecule has 1 aromatic heterocycles. The first-order valence-corrected chi connectivity index (χ1v) is 8.51. The summed E-state index contributed by atoms with van der Waals surface area (Å²) in [7, 11) is -3.91. The van der Waals surface area contributed by atoms with Crippen LogP contribution in [-0.4, -0.2) is 45.7 Å². The van der Waals surface area contributed by atoms with Gasteiger partial charge in [-0.3, -0.25) is 4.79 Å². The van der Waals surface area contributed by atoms with E-state index in [-0.39, 0.29) is 11.3 Å². The number of hydrogen-bond donors (Lipinski definition) is 2. The van der Waals surface area contributed by atoms with Crippen molar-refractivity contribution in [3.63, 3.8) is 0 Å². The normalized spacial score (nSPS) is 12.9. The summed E-state index contributed by atoms with van der Waals surface area (Å²) in [5, 5.41) is 19.8. The fraction of sp³-hybridized carbons (Fsp3) is 0.385. The zero-order chi connectivity index (χ0) is 16.9. The predicted molar refractivity (Wildman–Crippen MR) is 80.4 cm³/mol. The summed E-state index contributed by atoms with van der Waals surface area (Å²) < 4.78 is 28.2. The van der Waals surface area contributed by atoms with Gasteiger partial charge in [-0.2, -0.15) is 4.72 Å². The van der Waals surface area contributed by atoms with Gasteiger partial charge in [-0.05, 0) is 41.1 Å². The van der Waals surface area contributed by atoms with E-state index in [1.165, 1.54) is 35.3 Å². The molecule has 0 amide bonds. The van der Waals surface area contributed by atoms with Crippen LogP contribution in [0.3, 0.4) is 0 Å². The largest absolute Gasteiger partial charge is 0.480 e. The van der Waals surface area contributed by atoms with Crippen molar-refractivity contribution in [3.05, 3.63) is 30.6 Å². The van der Waals surface area contributed by atoms with Crippen LogP contribution in [0.25, 0.3) is 5.69 Å². The van der Waals surface area contributed by atoms with Crippen molar-refractivity contribution in [3.8, 4) is 5.69 Å². The van der Waals surface area contributed by atoms with E-state index in [0.29, 0.717) is 12.1 Å². The molecule has 0 saturated heterocycles. The monoisotopic (exact) mass is 339 g/mol. The number of carboxylic acids is 1. The Hall–Kier alpha value is -2.33. The number of aromatic nitrogens is 4. The number of carboxylic acid groups (broad SMARTS) is 1. The zero-order valence-corrected chi connectivity index (χ0v) is 13.3. The van der Waals surface area contributed by atoms with Gasteiger partial charge in [-0.25, -0.2) is 13.1 Å². The first-order valence-electron chi connectivity index (χ1n) is 7.02. The Balaban J connectivity index is 2.16. The maximum Gasteiger partial charge on any atom is 0.321 e. The van der Waals surface area contributed by atoms with Crippen molar-refractivity contribution >= 4 is 16.0 Å². The molecule has 0 aliphatic heterocycles. The van der Waals surface area contributed by atoms with Crippen LogP contribution in [0.15, 0.2) is 35.5 Å². The van der Waals surface area contributed by atoms with Gasteiger partial charge in [0.2, 0.25) is 10.0 Å². The molecule has 0 saturated carbocycles. The molecule has 0 aliphatic rings. The van der Waals surface area contributed by atoms with E-state index < -0.39 is 22.0 Å². The van der Waals surface area contributed by atoms with Gasteiger partial charge in [0.1, 0.15) is 12.4 Å². The maximum atomic E-state index is 12.3. The highest BCUT2D eigenvalue weighted by atomic mass is 32.2. The molecule has 124 valence electrons. The van der Waals surface area contributed by atoms with Crippen molar-refractivity contribution < 1.29 is 18.3 Å². The Morgan fingerprint density at radius 2 is 2.04 bits per heavy atom. The Labute approximate surface area is 133 Å². The molecule has 0 unspecified atom stereocenters. The molecule has 0 aliphatic carbocycles.